The zero-order valence-electron chi connectivity index (χ0n) is 7.63. The summed E-state index contributed by atoms with van der Waals surface area (Å²) in [5.74, 6) is -1.65. The molecular weight excluding hydrogens is 290 g/mol. The predicted octanol–water partition coefficient (Wildman–Crippen LogP) is 3.17. The predicted molar refractivity (Wildman–Crippen MR) is 57.0 cm³/mol. The molecule has 82 valence electrons. The van der Waals surface area contributed by atoms with E-state index >= 15 is 0 Å². The van der Waals surface area contributed by atoms with Gasteiger partial charge in [0.05, 0.1) is 5.02 Å². The molecule has 1 unspecified atom stereocenters. The molecule has 0 fully saturated rings. The third-order valence-electron chi connectivity index (χ3n) is 1.61. The summed E-state index contributed by atoms with van der Waals surface area (Å²) in [6, 6.07) is 3.15. The van der Waals surface area contributed by atoms with Gasteiger partial charge in [-0.25, -0.2) is 4.79 Å². The van der Waals surface area contributed by atoms with E-state index in [1.807, 2.05) is 0 Å². The van der Waals surface area contributed by atoms with Crippen LogP contribution in [0.3, 0.4) is 0 Å². The normalized spacial score (nSPS) is 12.3. The van der Waals surface area contributed by atoms with Crippen LogP contribution in [-0.4, -0.2) is 17.4 Å². The minimum Gasteiger partial charge on any atom is -0.476 e. The zero-order valence-corrected chi connectivity index (χ0v) is 9.97. The number of halogens is 3. The lowest BCUT2D eigenvalue weighted by Crippen LogP contribution is -2.21. The molecule has 0 radical (unpaired) electrons. The van der Waals surface area contributed by atoms with E-state index in [4.69, 9.17) is 16.7 Å². The van der Waals surface area contributed by atoms with Gasteiger partial charge in [0, 0.05) is 4.47 Å². The third-order valence-corrected chi connectivity index (χ3v) is 2.35. The Morgan fingerprint density at radius 1 is 1.67 bits per heavy atom. The lowest BCUT2D eigenvalue weighted by Gasteiger charge is -2.12. The molecule has 0 saturated heterocycles. The second-order valence-corrected chi connectivity index (χ2v) is 4.13. The largest absolute Gasteiger partial charge is 0.476 e. The van der Waals surface area contributed by atoms with Gasteiger partial charge in [-0.2, -0.15) is 4.39 Å². The number of hydrogen-bond acceptors (Lipinski definition) is 2. The van der Waals surface area contributed by atoms with E-state index in [0.717, 1.165) is 0 Å². The Morgan fingerprint density at radius 2 is 2.27 bits per heavy atom. The Bertz CT molecular complexity index is 374. The van der Waals surface area contributed by atoms with Gasteiger partial charge in [-0.1, -0.05) is 27.5 Å². The summed E-state index contributed by atoms with van der Waals surface area (Å²) in [5, 5.41) is 8.49. The minimum atomic E-state index is -2.41. The number of carbonyl (C=O) groups is 1. The number of alkyl halides is 1. The van der Waals surface area contributed by atoms with E-state index in [1.54, 1.807) is 13.0 Å². The van der Waals surface area contributed by atoms with Gasteiger partial charge in [0.25, 0.3) is 0 Å². The van der Waals surface area contributed by atoms with Gasteiger partial charge in [0.15, 0.2) is 0 Å². The van der Waals surface area contributed by atoms with Gasteiger partial charge in [-0.3, -0.25) is 0 Å². The van der Waals surface area contributed by atoms with E-state index in [-0.39, 0.29) is 10.8 Å². The Hall–Kier alpha value is -0.810. The third kappa shape index (κ3) is 3.07. The van der Waals surface area contributed by atoms with Crippen molar-refractivity contribution in [3.8, 4) is 5.75 Å². The fraction of sp³-hybridized carbons (Fsp3) is 0.222. The molecule has 0 aromatic heterocycles. The second-order valence-electron chi connectivity index (χ2n) is 2.81. The lowest BCUT2D eigenvalue weighted by atomic mass is 10.2. The molecule has 3 nitrogen and oxygen atoms in total. The van der Waals surface area contributed by atoms with Gasteiger partial charge >= 0.3 is 12.3 Å². The van der Waals surface area contributed by atoms with Crippen LogP contribution in [0.1, 0.15) is 5.56 Å². The first-order chi connectivity index (χ1) is 6.91. The van der Waals surface area contributed by atoms with Crippen LogP contribution < -0.4 is 4.74 Å². The Balaban J connectivity index is 3.00. The highest BCUT2D eigenvalue weighted by Crippen LogP contribution is 2.32. The SMILES string of the molecule is Cc1cc(Br)cc(Cl)c1OC(F)C(=O)O. The van der Waals surface area contributed by atoms with Crippen molar-refractivity contribution in [3.05, 3.63) is 27.2 Å². The quantitative estimate of drug-likeness (QED) is 0.932. The van der Waals surface area contributed by atoms with Crippen LogP contribution in [0, 0.1) is 6.92 Å². The summed E-state index contributed by atoms with van der Waals surface area (Å²) >= 11 is 8.96. The molecule has 1 aromatic rings. The maximum Gasteiger partial charge on any atom is 0.378 e. The summed E-state index contributed by atoms with van der Waals surface area (Å²) in [6.45, 7) is 1.64. The molecule has 0 saturated carbocycles. The van der Waals surface area contributed by atoms with Crippen molar-refractivity contribution >= 4 is 33.5 Å². The van der Waals surface area contributed by atoms with Crippen LogP contribution >= 0.6 is 27.5 Å². The van der Waals surface area contributed by atoms with Crippen molar-refractivity contribution in [1.82, 2.24) is 0 Å². The molecule has 0 bridgehead atoms. The molecule has 1 atom stereocenters. The Morgan fingerprint density at radius 3 is 2.73 bits per heavy atom. The maximum atomic E-state index is 12.8. The van der Waals surface area contributed by atoms with Crippen LogP contribution in [0.25, 0.3) is 0 Å². The Kier molecular flexibility index (Phi) is 3.93. The number of carboxylic acid groups (broad SMARTS) is 1. The first-order valence-electron chi connectivity index (χ1n) is 3.91. The number of aliphatic carboxylic acids is 1. The monoisotopic (exact) mass is 296 g/mol. The van der Waals surface area contributed by atoms with Crippen molar-refractivity contribution in [1.29, 1.82) is 0 Å². The first-order valence-corrected chi connectivity index (χ1v) is 5.08. The van der Waals surface area contributed by atoms with Crippen LogP contribution in [0.15, 0.2) is 16.6 Å². The molecule has 1 rings (SSSR count). The van der Waals surface area contributed by atoms with E-state index in [2.05, 4.69) is 20.7 Å². The summed E-state index contributed by atoms with van der Waals surface area (Å²) in [5.41, 5.74) is 0.554. The molecule has 6 heteroatoms. The van der Waals surface area contributed by atoms with Crippen molar-refractivity contribution in [2.75, 3.05) is 0 Å². The standard InChI is InChI=1S/C9H7BrClFO3/c1-4-2-5(10)3-6(11)7(4)15-8(12)9(13)14/h2-3,8H,1H3,(H,13,14). The molecule has 1 N–H and O–H groups in total. The van der Waals surface area contributed by atoms with Gasteiger partial charge in [0.1, 0.15) is 5.75 Å². The number of carboxylic acids is 1. The average Bonchev–Trinajstić information content (AvgIpc) is 2.10. The number of rotatable bonds is 3. The molecule has 0 spiro atoms. The number of benzene rings is 1. The van der Waals surface area contributed by atoms with Gasteiger partial charge in [0.2, 0.25) is 0 Å². The van der Waals surface area contributed by atoms with Crippen molar-refractivity contribution < 1.29 is 19.0 Å². The van der Waals surface area contributed by atoms with E-state index in [9.17, 15) is 9.18 Å². The molecule has 0 aliphatic carbocycles. The minimum absolute atomic E-state index is 0.0368. The van der Waals surface area contributed by atoms with Crippen molar-refractivity contribution in [2.45, 2.75) is 13.3 Å². The molecule has 0 amide bonds. The van der Waals surface area contributed by atoms with E-state index in [0.29, 0.717) is 10.0 Å². The summed E-state index contributed by atoms with van der Waals surface area (Å²) in [7, 11) is 0. The lowest BCUT2D eigenvalue weighted by molar-refractivity contribution is -0.153. The molecule has 0 heterocycles. The van der Waals surface area contributed by atoms with Crippen LogP contribution in [-0.2, 0) is 4.79 Å². The highest BCUT2D eigenvalue weighted by molar-refractivity contribution is 9.10. The number of ether oxygens (including phenoxy) is 1. The van der Waals surface area contributed by atoms with Crippen LogP contribution in [0.5, 0.6) is 5.75 Å². The van der Waals surface area contributed by atoms with Crippen LogP contribution in [0.4, 0.5) is 4.39 Å². The van der Waals surface area contributed by atoms with Crippen molar-refractivity contribution in [3.63, 3.8) is 0 Å². The highest BCUT2D eigenvalue weighted by atomic mass is 79.9. The molecule has 15 heavy (non-hydrogen) atoms. The fourth-order valence-corrected chi connectivity index (χ4v) is 2.01. The summed E-state index contributed by atoms with van der Waals surface area (Å²) in [6.07, 6.45) is -2.41. The van der Waals surface area contributed by atoms with Gasteiger partial charge in [-0.05, 0) is 24.6 Å². The summed E-state index contributed by atoms with van der Waals surface area (Å²) in [4.78, 5) is 10.2. The first kappa shape index (κ1) is 12.3. The topological polar surface area (TPSA) is 46.5 Å². The fourth-order valence-electron chi connectivity index (χ4n) is 0.992. The zero-order chi connectivity index (χ0) is 11.6. The number of aryl methyl sites for hydroxylation is 1. The molecule has 1 aromatic carbocycles. The van der Waals surface area contributed by atoms with Gasteiger partial charge < -0.3 is 9.84 Å². The maximum absolute atomic E-state index is 12.8. The second kappa shape index (κ2) is 4.81. The van der Waals surface area contributed by atoms with Crippen molar-refractivity contribution in [2.24, 2.45) is 0 Å². The van der Waals surface area contributed by atoms with Gasteiger partial charge in [-0.15, -0.1) is 0 Å². The average molecular weight is 298 g/mol. The molecule has 0 aliphatic rings. The molecular formula is C9H7BrClFO3. The van der Waals surface area contributed by atoms with Crippen LogP contribution in [0.2, 0.25) is 5.02 Å². The smallest absolute Gasteiger partial charge is 0.378 e. The van der Waals surface area contributed by atoms with E-state index < -0.39 is 12.3 Å². The molecule has 0 aliphatic heterocycles. The van der Waals surface area contributed by atoms with E-state index in [1.165, 1.54) is 6.07 Å². The highest BCUT2D eigenvalue weighted by Gasteiger charge is 2.20. The number of hydrogen-bond donors (Lipinski definition) is 1. The summed E-state index contributed by atoms with van der Waals surface area (Å²) < 4.78 is 18.1. The Labute approximate surface area is 98.9 Å².